The van der Waals surface area contributed by atoms with Gasteiger partial charge in [-0.15, -0.1) is 0 Å². The highest BCUT2D eigenvalue weighted by Gasteiger charge is 2.33. The lowest BCUT2D eigenvalue weighted by Crippen LogP contribution is -2.33. The van der Waals surface area contributed by atoms with Crippen LogP contribution in [0.5, 0.6) is 0 Å². The highest BCUT2D eigenvalue weighted by Crippen LogP contribution is 2.29. The van der Waals surface area contributed by atoms with Crippen molar-refractivity contribution in [3.63, 3.8) is 0 Å². The number of hydrogen-bond donors (Lipinski definition) is 1. The van der Waals surface area contributed by atoms with Crippen molar-refractivity contribution < 1.29 is 23.5 Å². The second-order valence-electron chi connectivity index (χ2n) is 8.08. The number of halogens is 1. The van der Waals surface area contributed by atoms with E-state index in [0.29, 0.717) is 24.3 Å². The Morgan fingerprint density at radius 3 is 2.69 bits per heavy atom. The average Bonchev–Trinajstić information content (AvgIpc) is 3.23. The maximum absolute atomic E-state index is 14.7. The summed E-state index contributed by atoms with van der Waals surface area (Å²) in [7, 11) is 0. The number of ether oxygens (including phenoxy) is 1. The number of cyclic esters (lactones) is 1. The van der Waals surface area contributed by atoms with Crippen LogP contribution in [0.1, 0.15) is 17.5 Å². The highest BCUT2D eigenvalue weighted by atomic mass is 19.1. The van der Waals surface area contributed by atoms with Gasteiger partial charge in [0.2, 0.25) is 5.91 Å². The van der Waals surface area contributed by atoms with Crippen LogP contribution in [0.2, 0.25) is 0 Å². The Bertz CT molecular complexity index is 1190. The van der Waals surface area contributed by atoms with Gasteiger partial charge in [-0.25, -0.2) is 9.18 Å². The maximum Gasteiger partial charge on any atom is 0.414 e. The third-order valence-electron chi connectivity index (χ3n) is 5.62. The number of ketones is 1. The fourth-order valence-corrected chi connectivity index (χ4v) is 3.75. The normalized spacial score (nSPS) is 17.7. The van der Waals surface area contributed by atoms with E-state index in [4.69, 9.17) is 4.74 Å². The summed E-state index contributed by atoms with van der Waals surface area (Å²) in [6.07, 6.45) is 5.03. The number of allylic oxidation sites excluding steroid dienone is 1. The first-order valence-electron chi connectivity index (χ1n) is 11.0. The van der Waals surface area contributed by atoms with E-state index >= 15 is 0 Å². The van der Waals surface area contributed by atoms with E-state index < -0.39 is 18.0 Å². The molecule has 2 aromatic rings. The molecule has 1 saturated heterocycles. The molecule has 0 aromatic heterocycles. The van der Waals surface area contributed by atoms with Gasteiger partial charge in [-0.3, -0.25) is 14.5 Å². The molecule has 0 saturated carbocycles. The minimum absolute atomic E-state index is 0.00535. The van der Waals surface area contributed by atoms with Crippen LogP contribution in [-0.2, 0) is 20.9 Å². The molecule has 0 bridgehead atoms. The average molecular weight is 478 g/mol. The number of carbonyl (C=O) groups excluding carboxylic acids is 3. The standard InChI is InChI=1S/C25H23FN4O5/c26-22-13-19(6-7-23(22)29-11-9-20(31)10-12-29)30-16-21(35-25(30)33)15-27-24(32)8-5-17-1-3-18(4-2-17)14-28-34/h1-9,11,13,21H,10,12,14-16H2,(H,27,32)/t21-/m0/s1. The number of nitrogens with zero attached hydrogens (tertiary/aromatic N) is 3. The van der Waals surface area contributed by atoms with Gasteiger partial charge in [0.25, 0.3) is 0 Å². The molecule has 2 aromatic carbocycles. The van der Waals surface area contributed by atoms with E-state index in [0.717, 1.165) is 11.1 Å². The SMILES string of the molecule is O=NCc1ccc(C=CC(=O)NC[C@H]2CN(c3ccc(N4C=CC(=O)CC4)c(F)c3)C(=O)O2)cc1. The molecule has 9 nitrogen and oxygen atoms in total. The Kier molecular flexibility index (Phi) is 7.30. The number of nitroso groups, excluding NO2 is 1. The second-order valence-corrected chi connectivity index (χ2v) is 8.08. The van der Waals surface area contributed by atoms with Crippen molar-refractivity contribution in [1.82, 2.24) is 5.32 Å². The zero-order valence-corrected chi connectivity index (χ0v) is 18.7. The molecule has 2 aliphatic heterocycles. The zero-order chi connectivity index (χ0) is 24.8. The number of anilines is 2. The van der Waals surface area contributed by atoms with Crippen LogP contribution >= 0.6 is 0 Å². The number of rotatable bonds is 8. The van der Waals surface area contributed by atoms with E-state index in [1.165, 1.54) is 23.1 Å². The Morgan fingerprint density at radius 2 is 2.00 bits per heavy atom. The van der Waals surface area contributed by atoms with Crippen LogP contribution in [-0.4, -0.2) is 43.5 Å². The largest absolute Gasteiger partial charge is 0.442 e. The fraction of sp³-hybridized carbons (Fsp3) is 0.240. The maximum atomic E-state index is 14.7. The van der Waals surface area contributed by atoms with E-state index in [2.05, 4.69) is 10.5 Å². The summed E-state index contributed by atoms with van der Waals surface area (Å²) in [6.45, 7) is 0.737. The van der Waals surface area contributed by atoms with E-state index in [-0.39, 0.29) is 31.3 Å². The molecule has 1 N–H and O–H groups in total. The quantitative estimate of drug-likeness (QED) is 0.459. The third kappa shape index (κ3) is 5.97. The van der Waals surface area contributed by atoms with Crippen molar-refractivity contribution in [3.8, 4) is 0 Å². The Balaban J connectivity index is 1.30. The molecule has 1 fully saturated rings. The predicted octanol–water partition coefficient (Wildman–Crippen LogP) is 3.54. The summed E-state index contributed by atoms with van der Waals surface area (Å²) in [5.41, 5.74) is 2.22. The van der Waals surface area contributed by atoms with Crippen LogP contribution in [0.15, 0.2) is 66.0 Å². The lowest BCUT2D eigenvalue weighted by molar-refractivity contribution is -0.117. The van der Waals surface area contributed by atoms with Gasteiger partial charge in [0.15, 0.2) is 5.78 Å². The van der Waals surface area contributed by atoms with Gasteiger partial charge in [0.1, 0.15) is 18.5 Å². The van der Waals surface area contributed by atoms with Gasteiger partial charge >= 0.3 is 6.09 Å². The van der Waals surface area contributed by atoms with Gasteiger partial charge in [0, 0.05) is 25.2 Å². The summed E-state index contributed by atoms with van der Waals surface area (Å²) < 4.78 is 20.0. The first kappa shape index (κ1) is 23.8. The first-order valence-corrected chi connectivity index (χ1v) is 11.0. The number of carbonyl (C=O) groups is 3. The number of hydrogen-bond acceptors (Lipinski definition) is 7. The Labute approximate surface area is 200 Å². The number of benzene rings is 2. The minimum Gasteiger partial charge on any atom is -0.442 e. The van der Waals surface area contributed by atoms with Crippen LogP contribution < -0.4 is 15.1 Å². The van der Waals surface area contributed by atoms with Crippen LogP contribution in [0, 0.1) is 10.7 Å². The Morgan fingerprint density at radius 1 is 1.20 bits per heavy atom. The molecule has 2 heterocycles. The zero-order valence-electron chi connectivity index (χ0n) is 18.7. The van der Waals surface area contributed by atoms with Crippen molar-refractivity contribution in [1.29, 1.82) is 0 Å². The smallest absolute Gasteiger partial charge is 0.414 e. The topological polar surface area (TPSA) is 108 Å². The highest BCUT2D eigenvalue weighted by molar-refractivity contribution is 5.93. The van der Waals surface area contributed by atoms with Gasteiger partial charge in [0.05, 0.1) is 24.5 Å². The summed E-state index contributed by atoms with van der Waals surface area (Å²) in [4.78, 5) is 49.0. The molecule has 4 rings (SSSR count). The molecule has 180 valence electrons. The molecule has 0 radical (unpaired) electrons. The molecule has 0 unspecified atom stereocenters. The second kappa shape index (κ2) is 10.7. The monoisotopic (exact) mass is 478 g/mol. The van der Waals surface area contributed by atoms with Gasteiger partial charge < -0.3 is 15.0 Å². The van der Waals surface area contributed by atoms with Crippen molar-refractivity contribution >= 4 is 35.2 Å². The third-order valence-corrected chi connectivity index (χ3v) is 5.62. The molecule has 0 spiro atoms. The summed E-state index contributed by atoms with van der Waals surface area (Å²) in [5.74, 6) is -0.887. The van der Waals surface area contributed by atoms with E-state index in [1.807, 2.05) is 0 Å². The molecular formula is C25H23FN4O5. The van der Waals surface area contributed by atoms with Crippen LogP contribution in [0.3, 0.4) is 0 Å². The lowest BCUT2D eigenvalue weighted by Gasteiger charge is -2.24. The van der Waals surface area contributed by atoms with E-state index in [9.17, 15) is 23.7 Å². The fourth-order valence-electron chi connectivity index (χ4n) is 3.75. The van der Waals surface area contributed by atoms with Gasteiger partial charge in [-0.05, 0) is 41.5 Å². The van der Waals surface area contributed by atoms with Crippen molar-refractivity contribution in [2.45, 2.75) is 19.1 Å². The van der Waals surface area contributed by atoms with Crippen molar-refractivity contribution in [2.75, 3.05) is 29.4 Å². The van der Waals surface area contributed by atoms with Gasteiger partial charge in [-0.2, -0.15) is 4.91 Å². The molecule has 0 aliphatic carbocycles. The van der Waals surface area contributed by atoms with Crippen molar-refractivity contribution in [3.05, 3.63) is 82.7 Å². The van der Waals surface area contributed by atoms with Crippen LogP contribution in [0.25, 0.3) is 6.08 Å². The number of amides is 2. The van der Waals surface area contributed by atoms with Crippen LogP contribution in [0.4, 0.5) is 20.6 Å². The number of nitrogens with one attached hydrogen (secondary N) is 1. The van der Waals surface area contributed by atoms with E-state index in [1.54, 1.807) is 53.6 Å². The minimum atomic E-state index is -0.625. The lowest BCUT2D eigenvalue weighted by atomic mass is 10.1. The summed E-state index contributed by atoms with van der Waals surface area (Å²) in [5, 5.41) is 5.51. The predicted molar refractivity (Wildman–Crippen MR) is 128 cm³/mol. The summed E-state index contributed by atoms with van der Waals surface area (Å²) in [6, 6.07) is 11.5. The molecule has 2 aliphatic rings. The molecule has 10 heteroatoms. The Hall–Kier alpha value is -4.34. The van der Waals surface area contributed by atoms with Gasteiger partial charge in [-0.1, -0.05) is 29.4 Å². The molecule has 35 heavy (non-hydrogen) atoms. The summed E-state index contributed by atoms with van der Waals surface area (Å²) >= 11 is 0. The molecule has 2 amide bonds. The molecule has 1 atom stereocenters. The van der Waals surface area contributed by atoms with Crippen molar-refractivity contribution in [2.24, 2.45) is 5.18 Å². The first-order chi connectivity index (χ1) is 16.9. The molecular weight excluding hydrogens is 455 g/mol.